The van der Waals surface area contributed by atoms with Crippen molar-refractivity contribution in [3.63, 3.8) is 0 Å². The second-order valence-electron chi connectivity index (χ2n) is 8.78. The summed E-state index contributed by atoms with van der Waals surface area (Å²) in [6.45, 7) is 3.03. The van der Waals surface area contributed by atoms with Gasteiger partial charge in [-0.2, -0.15) is 0 Å². The number of amides is 1. The van der Waals surface area contributed by atoms with Crippen LogP contribution in [0, 0.1) is 5.92 Å². The van der Waals surface area contributed by atoms with E-state index in [4.69, 9.17) is 9.47 Å². The Hall–Kier alpha value is -2.15. The van der Waals surface area contributed by atoms with Crippen molar-refractivity contribution in [3.8, 4) is 5.75 Å². The van der Waals surface area contributed by atoms with E-state index < -0.39 is 18.4 Å². The second-order valence-corrected chi connectivity index (χ2v) is 8.78. The molecular weight excluding hydrogens is 387 g/mol. The quantitative estimate of drug-likeness (QED) is 0.662. The maximum Gasteiger partial charge on any atom is 0.339 e. The smallest absolute Gasteiger partial charge is 0.339 e. The van der Waals surface area contributed by atoms with Crippen LogP contribution in [0.25, 0.3) is 0 Å². The number of nitrogens with zero attached hydrogens (tertiary/aromatic N) is 2. The van der Waals surface area contributed by atoms with Crippen LogP contribution in [0.3, 0.4) is 0 Å². The Bertz CT molecular complexity index is 785. The van der Waals surface area contributed by atoms with Gasteiger partial charge in [0.25, 0.3) is 0 Å². The van der Waals surface area contributed by atoms with Crippen LogP contribution >= 0.6 is 0 Å². The SMILES string of the molecule is CN(CCN1CCCCC1)C(=O)C1CCC2(CC1)OC(=O)c1cc(OCF)ccc12. The Morgan fingerprint density at radius 1 is 1.27 bits per heavy atom. The number of hydrogen-bond donors (Lipinski definition) is 0. The summed E-state index contributed by atoms with van der Waals surface area (Å²) in [4.78, 5) is 29.7. The monoisotopic (exact) mass is 418 g/mol. The number of carbonyl (C=O) groups is 2. The Morgan fingerprint density at radius 2 is 2.00 bits per heavy atom. The molecule has 0 N–H and O–H groups in total. The fourth-order valence-electron chi connectivity index (χ4n) is 5.13. The average molecular weight is 419 g/mol. The first-order valence-corrected chi connectivity index (χ1v) is 11.1. The summed E-state index contributed by atoms with van der Waals surface area (Å²) < 4.78 is 23.1. The van der Waals surface area contributed by atoms with Crippen LogP contribution in [-0.2, 0) is 15.1 Å². The predicted molar refractivity (Wildman–Crippen MR) is 110 cm³/mol. The van der Waals surface area contributed by atoms with E-state index in [1.54, 1.807) is 18.2 Å². The van der Waals surface area contributed by atoms with Crippen molar-refractivity contribution in [2.24, 2.45) is 5.92 Å². The predicted octanol–water partition coefficient (Wildman–Crippen LogP) is 3.49. The summed E-state index contributed by atoms with van der Waals surface area (Å²) in [5, 5.41) is 0. The van der Waals surface area contributed by atoms with Crippen molar-refractivity contribution in [1.29, 1.82) is 0 Å². The molecule has 1 saturated heterocycles. The summed E-state index contributed by atoms with van der Waals surface area (Å²) in [7, 11) is 1.90. The van der Waals surface area contributed by atoms with Gasteiger partial charge >= 0.3 is 5.97 Å². The molecule has 4 rings (SSSR count). The third-order valence-corrected chi connectivity index (χ3v) is 6.93. The molecule has 1 saturated carbocycles. The van der Waals surface area contributed by atoms with Gasteiger partial charge in [0.15, 0.2) is 0 Å². The number of carbonyl (C=O) groups excluding carboxylic acids is 2. The Kier molecular flexibility index (Phi) is 6.27. The number of esters is 1. The topological polar surface area (TPSA) is 59.1 Å². The van der Waals surface area contributed by atoms with Crippen LogP contribution in [0.5, 0.6) is 5.75 Å². The highest BCUT2D eigenvalue weighted by atomic mass is 19.1. The van der Waals surface area contributed by atoms with Crippen LogP contribution in [0.2, 0.25) is 0 Å². The van der Waals surface area contributed by atoms with Gasteiger partial charge in [-0.15, -0.1) is 0 Å². The second kappa shape index (κ2) is 8.92. The largest absolute Gasteiger partial charge is 0.463 e. The molecule has 7 heteroatoms. The zero-order valence-electron chi connectivity index (χ0n) is 17.7. The van der Waals surface area contributed by atoms with Crippen molar-refractivity contribution in [2.45, 2.75) is 50.5 Å². The van der Waals surface area contributed by atoms with Crippen LogP contribution in [0.4, 0.5) is 4.39 Å². The molecule has 1 aromatic rings. The van der Waals surface area contributed by atoms with Gasteiger partial charge in [0.2, 0.25) is 12.8 Å². The minimum atomic E-state index is -0.936. The van der Waals surface area contributed by atoms with E-state index in [2.05, 4.69) is 4.90 Å². The first-order valence-electron chi connectivity index (χ1n) is 11.1. The molecule has 0 radical (unpaired) electrons. The third-order valence-electron chi connectivity index (χ3n) is 6.93. The van der Waals surface area contributed by atoms with Gasteiger partial charge in [-0.05, 0) is 63.7 Å². The number of likely N-dealkylation sites (N-methyl/N-ethyl adjacent to an activating group) is 1. The van der Waals surface area contributed by atoms with E-state index in [0.29, 0.717) is 37.0 Å². The van der Waals surface area contributed by atoms with Gasteiger partial charge in [0.05, 0.1) is 5.56 Å². The van der Waals surface area contributed by atoms with Crippen molar-refractivity contribution in [1.82, 2.24) is 9.80 Å². The standard InChI is InChI=1S/C23H31FN2O4/c1-25(13-14-26-11-3-2-4-12-26)21(27)17-7-9-23(10-8-17)20-6-5-18(29-16-24)15-19(20)22(28)30-23/h5-6,15,17H,2-4,7-14,16H2,1H3. The first kappa shape index (κ1) is 21.1. The van der Waals surface area contributed by atoms with E-state index in [1.807, 2.05) is 11.9 Å². The Morgan fingerprint density at radius 3 is 2.70 bits per heavy atom. The molecular formula is C23H31FN2O4. The molecule has 0 bridgehead atoms. The van der Waals surface area contributed by atoms with E-state index in [1.165, 1.54) is 19.3 Å². The number of benzene rings is 1. The van der Waals surface area contributed by atoms with Crippen molar-refractivity contribution < 1.29 is 23.5 Å². The van der Waals surface area contributed by atoms with Gasteiger partial charge in [-0.25, -0.2) is 9.18 Å². The molecule has 2 fully saturated rings. The number of fused-ring (bicyclic) bond motifs is 2. The number of alkyl halides is 1. The highest BCUT2D eigenvalue weighted by Gasteiger charge is 2.48. The Labute approximate surface area is 177 Å². The van der Waals surface area contributed by atoms with Gasteiger partial charge < -0.3 is 19.3 Å². The number of piperidine rings is 1. The molecule has 3 aliphatic rings. The lowest BCUT2D eigenvalue weighted by molar-refractivity contribution is -0.137. The van der Waals surface area contributed by atoms with Crippen LogP contribution in [0.1, 0.15) is 60.9 Å². The molecule has 6 nitrogen and oxygen atoms in total. The van der Waals surface area contributed by atoms with Crippen molar-refractivity contribution >= 4 is 11.9 Å². The summed E-state index contributed by atoms with van der Waals surface area (Å²) in [6.07, 6.45) is 6.47. The molecule has 2 heterocycles. The molecule has 1 aliphatic carbocycles. The number of hydrogen-bond acceptors (Lipinski definition) is 5. The molecule has 0 aromatic heterocycles. The van der Waals surface area contributed by atoms with Crippen LogP contribution in [0.15, 0.2) is 18.2 Å². The van der Waals surface area contributed by atoms with E-state index in [0.717, 1.165) is 31.7 Å². The van der Waals surface area contributed by atoms with Gasteiger partial charge in [-0.3, -0.25) is 4.79 Å². The number of likely N-dealkylation sites (tertiary alicyclic amines) is 1. The van der Waals surface area contributed by atoms with E-state index in [-0.39, 0.29) is 11.8 Å². The van der Waals surface area contributed by atoms with Gasteiger partial charge in [0, 0.05) is 31.6 Å². The first-order chi connectivity index (χ1) is 14.5. The zero-order chi connectivity index (χ0) is 21.1. The molecule has 164 valence electrons. The van der Waals surface area contributed by atoms with Crippen molar-refractivity contribution in [3.05, 3.63) is 29.3 Å². The molecule has 0 atom stereocenters. The number of halogens is 1. The van der Waals surface area contributed by atoms with Crippen LogP contribution < -0.4 is 4.74 Å². The minimum Gasteiger partial charge on any atom is -0.463 e. The third kappa shape index (κ3) is 4.17. The average Bonchev–Trinajstić information content (AvgIpc) is 3.04. The molecule has 1 amide bonds. The fourth-order valence-corrected chi connectivity index (χ4v) is 5.13. The molecule has 0 unspecified atom stereocenters. The molecule has 30 heavy (non-hydrogen) atoms. The number of rotatable bonds is 6. The summed E-state index contributed by atoms with van der Waals surface area (Å²) in [5.41, 5.74) is 0.622. The van der Waals surface area contributed by atoms with E-state index >= 15 is 0 Å². The highest BCUT2D eigenvalue weighted by Crippen LogP contribution is 2.49. The van der Waals surface area contributed by atoms with E-state index in [9.17, 15) is 14.0 Å². The van der Waals surface area contributed by atoms with Crippen LogP contribution in [-0.4, -0.2) is 61.8 Å². The summed E-state index contributed by atoms with van der Waals surface area (Å²) >= 11 is 0. The highest BCUT2D eigenvalue weighted by molar-refractivity contribution is 5.95. The summed E-state index contributed by atoms with van der Waals surface area (Å²) in [5.74, 6) is 0.0964. The lowest BCUT2D eigenvalue weighted by atomic mass is 9.74. The summed E-state index contributed by atoms with van der Waals surface area (Å²) in [6, 6.07) is 5.03. The Balaban J connectivity index is 1.34. The lowest BCUT2D eigenvalue weighted by Crippen LogP contribution is -2.43. The zero-order valence-corrected chi connectivity index (χ0v) is 17.7. The van der Waals surface area contributed by atoms with Gasteiger partial charge in [-0.1, -0.05) is 12.5 Å². The van der Waals surface area contributed by atoms with Gasteiger partial charge in [0.1, 0.15) is 11.4 Å². The maximum absolute atomic E-state index is 12.9. The molecule has 2 aliphatic heterocycles. The molecule has 1 aromatic carbocycles. The lowest BCUT2D eigenvalue weighted by Gasteiger charge is -2.37. The molecule has 1 spiro atoms. The normalized spacial score (nSPS) is 26.3. The minimum absolute atomic E-state index is 0.0288. The maximum atomic E-state index is 12.9. The number of ether oxygens (including phenoxy) is 2. The van der Waals surface area contributed by atoms with Crippen molar-refractivity contribution in [2.75, 3.05) is 40.1 Å². The fraction of sp³-hybridized carbons (Fsp3) is 0.652.